The molecule has 9 atom stereocenters. The zero-order valence-corrected chi connectivity index (χ0v) is 27.7. The van der Waals surface area contributed by atoms with Gasteiger partial charge in [0, 0.05) is 16.9 Å². The summed E-state index contributed by atoms with van der Waals surface area (Å²) in [6.45, 7) is 12.8. The zero-order valence-electron chi connectivity index (χ0n) is 27.7. The van der Waals surface area contributed by atoms with Gasteiger partial charge >= 0.3 is 0 Å². The van der Waals surface area contributed by atoms with Gasteiger partial charge in [0.25, 0.3) is 0 Å². The van der Waals surface area contributed by atoms with Gasteiger partial charge in [0.1, 0.15) is 5.76 Å². The highest BCUT2D eigenvalue weighted by molar-refractivity contribution is 5.70. The van der Waals surface area contributed by atoms with Crippen molar-refractivity contribution in [3.05, 3.63) is 29.3 Å². The largest absolute Gasteiger partial charge is 0.490 e. The summed E-state index contributed by atoms with van der Waals surface area (Å²) in [6.07, 6.45) is 22.0. The van der Waals surface area contributed by atoms with Crippen LogP contribution >= 0.6 is 0 Å². The smallest absolute Gasteiger partial charge is 0.126 e. The average molecular weight is 575 g/mol. The lowest BCUT2D eigenvalue weighted by Gasteiger charge is -2.61. The fraction of sp³-hybridized carbons (Fsp3) is 0.795. The van der Waals surface area contributed by atoms with E-state index in [9.17, 15) is 0 Å². The molecule has 1 aromatic rings. The van der Waals surface area contributed by atoms with E-state index in [2.05, 4.69) is 46.8 Å². The minimum absolute atomic E-state index is 0.321. The van der Waals surface area contributed by atoms with Gasteiger partial charge in [-0.25, -0.2) is 0 Å². The molecule has 0 saturated heterocycles. The zero-order chi connectivity index (χ0) is 29.6. The monoisotopic (exact) mass is 574 g/mol. The first-order valence-electron chi connectivity index (χ1n) is 18.1. The van der Waals surface area contributed by atoms with Crippen molar-refractivity contribution in [1.29, 1.82) is 0 Å². The molecule has 42 heavy (non-hydrogen) atoms. The van der Waals surface area contributed by atoms with Crippen LogP contribution in [0, 0.1) is 52.3 Å². The first kappa shape index (κ1) is 30.4. The molecule has 0 bridgehead atoms. The summed E-state index contributed by atoms with van der Waals surface area (Å²) >= 11 is 0. The summed E-state index contributed by atoms with van der Waals surface area (Å²) in [5.74, 6) is 7.46. The number of hydrogen-bond donors (Lipinski definition) is 2. The van der Waals surface area contributed by atoms with Crippen molar-refractivity contribution in [3.8, 4) is 0 Å². The van der Waals surface area contributed by atoms with Crippen LogP contribution in [-0.2, 0) is 4.74 Å². The lowest BCUT2D eigenvalue weighted by atomic mass is 9.44. The molecule has 0 amide bonds. The Morgan fingerprint density at radius 2 is 1.52 bits per heavy atom. The molecule has 5 aliphatic carbocycles. The van der Waals surface area contributed by atoms with E-state index in [4.69, 9.17) is 16.2 Å². The van der Waals surface area contributed by atoms with Crippen LogP contribution in [0.1, 0.15) is 143 Å². The van der Waals surface area contributed by atoms with Gasteiger partial charge < -0.3 is 16.2 Å². The Balaban J connectivity index is 1.14. The van der Waals surface area contributed by atoms with Gasteiger partial charge in [-0.15, -0.1) is 0 Å². The Hall–Kier alpha value is -1.64. The molecule has 0 spiro atoms. The molecule has 4 N–H and O–H groups in total. The molecule has 6 rings (SSSR count). The first-order chi connectivity index (χ1) is 20.1. The normalized spacial score (nSPS) is 38.6. The molecule has 0 radical (unpaired) electrons. The molecule has 9 unspecified atom stereocenters. The highest BCUT2D eigenvalue weighted by Crippen LogP contribution is 2.68. The Morgan fingerprint density at radius 1 is 0.833 bits per heavy atom. The van der Waals surface area contributed by atoms with Crippen LogP contribution in [0.25, 0.3) is 5.76 Å². The topological polar surface area (TPSA) is 61.3 Å². The second-order valence-corrected chi connectivity index (χ2v) is 16.7. The number of rotatable bonds is 8. The standard InChI is InChI=1S/C39H62N2O/c1-25(2)9-8-10-26(3)34-15-16-35-33-14-13-29-23-32(17-19-38(29,4)36(33)18-20-39(34,35)5)42-37(27-11-6-7-12-27)28-21-30(40)24-31(41)22-28/h21-22,24-26,29,32-36H,6-20,23,40-41H2,1-5H3. The molecule has 5 aliphatic rings. The third kappa shape index (κ3) is 5.65. The van der Waals surface area contributed by atoms with Gasteiger partial charge in [-0.2, -0.15) is 0 Å². The van der Waals surface area contributed by atoms with Crippen molar-refractivity contribution < 1.29 is 4.74 Å². The lowest BCUT2D eigenvalue weighted by Crippen LogP contribution is -2.54. The van der Waals surface area contributed by atoms with Gasteiger partial charge in [-0.1, -0.05) is 53.9 Å². The van der Waals surface area contributed by atoms with E-state index in [0.717, 1.165) is 77.0 Å². The number of ether oxygens (including phenoxy) is 1. The second-order valence-electron chi connectivity index (χ2n) is 16.7. The molecule has 3 nitrogen and oxygen atoms in total. The van der Waals surface area contributed by atoms with Gasteiger partial charge in [-0.3, -0.25) is 0 Å². The summed E-state index contributed by atoms with van der Waals surface area (Å²) in [5.41, 5.74) is 17.6. The number of nitrogen functional groups attached to an aromatic ring is 2. The van der Waals surface area contributed by atoms with Gasteiger partial charge in [0.05, 0.1) is 6.10 Å². The van der Waals surface area contributed by atoms with Gasteiger partial charge in [0.2, 0.25) is 0 Å². The number of benzene rings is 1. The molecule has 0 heterocycles. The molecule has 1 aromatic carbocycles. The maximum atomic E-state index is 7.04. The molecular formula is C39H62N2O. The Bertz CT molecular complexity index is 1110. The van der Waals surface area contributed by atoms with Crippen LogP contribution in [0.4, 0.5) is 11.4 Å². The number of allylic oxidation sites excluding steroid dienone is 1. The molecule has 234 valence electrons. The Kier molecular flexibility index (Phi) is 8.71. The van der Waals surface area contributed by atoms with Gasteiger partial charge in [0.15, 0.2) is 0 Å². The van der Waals surface area contributed by atoms with Crippen molar-refractivity contribution in [2.24, 2.45) is 52.3 Å². The fourth-order valence-electron chi connectivity index (χ4n) is 11.7. The summed E-state index contributed by atoms with van der Waals surface area (Å²) in [5, 5.41) is 0. The first-order valence-corrected chi connectivity index (χ1v) is 18.1. The predicted molar refractivity (Wildman–Crippen MR) is 179 cm³/mol. The minimum Gasteiger partial charge on any atom is -0.490 e. The highest BCUT2D eigenvalue weighted by Gasteiger charge is 2.60. The van der Waals surface area contributed by atoms with Gasteiger partial charge in [-0.05, 0) is 159 Å². The summed E-state index contributed by atoms with van der Waals surface area (Å²) in [7, 11) is 0. The number of anilines is 2. The highest BCUT2D eigenvalue weighted by atomic mass is 16.5. The van der Waals surface area contributed by atoms with E-state index >= 15 is 0 Å². The van der Waals surface area contributed by atoms with E-state index in [1.54, 1.807) is 0 Å². The number of fused-ring (bicyclic) bond motifs is 5. The Labute approximate surface area is 258 Å². The summed E-state index contributed by atoms with van der Waals surface area (Å²) in [4.78, 5) is 0. The maximum Gasteiger partial charge on any atom is 0.126 e. The quantitative estimate of drug-likeness (QED) is 0.240. The van der Waals surface area contributed by atoms with Crippen LogP contribution in [0.3, 0.4) is 0 Å². The van der Waals surface area contributed by atoms with Crippen molar-refractivity contribution in [2.45, 2.75) is 143 Å². The third-order valence-corrected chi connectivity index (χ3v) is 13.9. The molecule has 0 aliphatic heterocycles. The Morgan fingerprint density at radius 3 is 2.24 bits per heavy atom. The van der Waals surface area contributed by atoms with E-state index in [0.29, 0.717) is 16.9 Å². The number of nitrogens with two attached hydrogens (primary N) is 2. The van der Waals surface area contributed by atoms with E-state index in [1.165, 1.54) is 95.5 Å². The predicted octanol–water partition coefficient (Wildman–Crippen LogP) is 10.6. The van der Waals surface area contributed by atoms with E-state index < -0.39 is 0 Å². The third-order valence-electron chi connectivity index (χ3n) is 13.9. The van der Waals surface area contributed by atoms with Crippen LogP contribution in [0.15, 0.2) is 23.8 Å². The van der Waals surface area contributed by atoms with Crippen LogP contribution < -0.4 is 11.5 Å². The second kappa shape index (κ2) is 12.0. The van der Waals surface area contributed by atoms with Crippen LogP contribution in [-0.4, -0.2) is 6.10 Å². The molecule has 5 saturated carbocycles. The number of hydrogen-bond acceptors (Lipinski definition) is 3. The van der Waals surface area contributed by atoms with Crippen molar-refractivity contribution in [2.75, 3.05) is 11.5 Å². The van der Waals surface area contributed by atoms with Crippen LogP contribution in [0.2, 0.25) is 0 Å². The molecule has 3 heteroatoms. The van der Waals surface area contributed by atoms with E-state index in [1.807, 2.05) is 6.07 Å². The summed E-state index contributed by atoms with van der Waals surface area (Å²) < 4.78 is 7.04. The minimum atomic E-state index is 0.321. The SMILES string of the molecule is CC(C)CCCC(C)C1CCC2C3CCC4CC(OC(=C5CCCC5)c5cc(N)cc(N)c5)CCC4(C)C3CCC12C. The van der Waals surface area contributed by atoms with Crippen LogP contribution in [0.5, 0.6) is 0 Å². The van der Waals surface area contributed by atoms with Crippen molar-refractivity contribution in [1.82, 2.24) is 0 Å². The lowest BCUT2D eigenvalue weighted by molar-refractivity contribution is -0.129. The van der Waals surface area contributed by atoms with E-state index in [-0.39, 0.29) is 0 Å². The molecular weight excluding hydrogens is 512 g/mol. The average Bonchev–Trinajstić information content (AvgIpc) is 3.59. The molecule has 0 aromatic heterocycles. The summed E-state index contributed by atoms with van der Waals surface area (Å²) in [6, 6.07) is 6.02. The molecule has 5 fully saturated rings. The van der Waals surface area contributed by atoms with Crippen molar-refractivity contribution in [3.63, 3.8) is 0 Å². The fourth-order valence-corrected chi connectivity index (χ4v) is 11.7. The maximum absolute atomic E-state index is 7.04. The van der Waals surface area contributed by atoms with Crippen molar-refractivity contribution >= 4 is 17.1 Å².